The number of hydrogen-bond donors (Lipinski definition) is 0. The molecule has 0 saturated heterocycles. The average Bonchev–Trinajstić information content (AvgIpc) is 2.79. The molecule has 0 atom stereocenters. The molecule has 0 aliphatic heterocycles. The van der Waals surface area contributed by atoms with Gasteiger partial charge in [0.25, 0.3) is 0 Å². The minimum Gasteiger partial charge on any atom is -0.493 e. The lowest BCUT2D eigenvalue weighted by molar-refractivity contribution is 0.418. The van der Waals surface area contributed by atoms with Crippen LogP contribution in [0, 0.1) is 0 Å². The Balaban J connectivity index is 2.73. The van der Waals surface area contributed by atoms with Crippen LogP contribution in [0.4, 0.5) is 0 Å². The lowest BCUT2D eigenvalue weighted by Crippen LogP contribution is -1.92. The Hall–Kier alpha value is -0.320. The van der Waals surface area contributed by atoms with E-state index in [1.54, 1.807) is 4.40 Å². The Kier molecular flexibility index (Phi) is 2.88. The molecule has 0 radical (unpaired) electrons. The second-order valence-electron chi connectivity index (χ2n) is 3.55. The van der Waals surface area contributed by atoms with E-state index in [0.717, 1.165) is 0 Å². The number of rotatable bonds is 1. The summed E-state index contributed by atoms with van der Waals surface area (Å²) in [5, 5.41) is 1.26. The van der Waals surface area contributed by atoms with E-state index in [2.05, 4.69) is 4.98 Å². The number of aromatic nitrogens is 2. The molecular weight excluding hydrogens is 341 g/mol. The Morgan fingerprint density at radius 2 is 1.50 bits per heavy atom. The first-order valence-electron chi connectivity index (χ1n) is 4.68. The summed E-state index contributed by atoms with van der Waals surface area (Å²) in [4.78, 5) is 4.12. The summed E-state index contributed by atoms with van der Waals surface area (Å²) in [5.74, 6) is 0.338. The van der Waals surface area contributed by atoms with Crippen LogP contribution in [0.3, 0.4) is 0 Å². The van der Waals surface area contributed by atoms with Gasteiger partial charge in [-0.1, -0.05) is 58.0 Å². The van der Waals surface area contributed by atoms with Gasteiger partial charge in [-0.3, -0.25) is 4.40 Å². The van der Waals surface area contributed by atoms with Gasteiger partial charge in [-0.15, -0.1) is 0 Å². The van der Waals surface area contributed by atoms with Crippen LogP contribution < -0.4 is 4.74 Å². The fourth-order valence-electron chi connectivity index (χ4n) is 1.94. The highest BCUT2D eigenvalue weighted by atomic mass is 35.5. The number of halogens is 5. The van der Waals surface area contributed by atoms with Gasteiger partial charge >= 0.3 is 0 Å². The van der Waals surface area contributed by atoms with Crippen LogP contribution in [-0.2, 0) is 0 Å². The smallest absolute Gasteiger partial charge is 0.164 e. The van der Waals surface area contributed by atoms with Crippen LogP contribution in [0.1, 0.15) is 0 Å². The van der Waals surface area contributed by atoms with Gasteiger partial charge < -0.3 is 4.74 Å². The van der Waals surface area contributed by atoms with Crippen LogP contribution >= 0.6 is 58.0 Å². The second kappa shape index (κ2) is 4.09. The van der Waals surface area contributed by atoms with Gasteiger partial charge in [-0.05, 0) is 0 Å². The monoisotopic (exact) mass is 342 g/mol. The minimum absolute atomic E-state index is 0.211. The van der Waals surface area contributed by atoms with Gasteiger partial charge in [-0.2, -0.15) is 0 Å². The Morgan fingerprint density at radius 3 is 2.11 bits per heavy atom. The van der Waals surface area contributed by atoms with Crippen molar-refractivity contribution in [1.29, 1.82) is 0 Å². The molecule has 0 aliphatic rings. The average molecular weight is 344 g/mol. The van der Waals surface area contributed by atoms with Gasteiger partial charge in [0.05, 0.1) is 17.2 Å². The van der Waals surface area contributed by atoms with Crippen LogP contribution in [0.5, 0.6) is 5.75 Å². The van der Waals surface area contributed by atoms with Crippen molar-refractivity contribution in [1.82, 2.24) is 9.38 Å². The van der Waals surface area contributed by atoms with E-state index in [1.165, 1.54) is 7.11 Å². The Bertz CT molecular complexity index is 782. The maximum atomic E-state index is 6.16. The molecule has 3 nitrogen and oxygen atoms in total. The number of methoxy groups -OCH3 is 1. The van der Waals surface area contributed by atoms with Gasteiger partial charge in [0, 0.05) is 0 Å². The van der Waals surface area contributed by atoms with Gasteiger partial charge in [0.15, 0.2) is 16.5 Å². The van der Waals surface area contributed by atoms with Crippen LogP contribution in [0.2, 0.25) is 25.2 Å². The number of nitrogens with zero attached hydrogens (tertiary/aromatic N) is 2. The van der Waals surface area contributed by atoms with Crippen molar-refractivity contribution in [2.45, 2.75) is 0 Å². The molecule has 8 heteroatoms. The minimum atomic E-state index is 0.211. The molecule has 0 fully saturated rings. The molecule has 0 N–H and O–H groups in total. The number of hydrogen-bond acceptors (Lipinski definition) is 2. The molecular formula is C10H3Cl5N2O. The summed E-state index contributed by atoms with van der Waals surface area (Å²) in [6.45, 7) is 0. The Labute approximate surface area is 126 Å². The van der Waals surface area contributed by atoms with Crippen molar-refractivity contribution in [3.8, 4) is 5.75 Å². The summed E-state index contributed by atoms with van der Waals surface area (Å²) in [5.41, 5.74) is 1.39. The van der Waals surface area contributed by atoms with Crippen LogP contribution in [0.15, 0.2) is 0 Å². The third-order valence-electron chi connectivity index (χ3n) is 2.67. The van der Waals surface area contributed by atoms with Gasteiger partial charge in [-0.25, -0.2) is 4.98 Å². The fourth-order valence-corrected chi connectivity index (χ4v) is 3.24. The van der Waals surface area contributed by atoms with E-state index < -0.39 is 0 Å². The summed E-state index contributed by atoms with van der Waals surface area (Å²) in [7, 11) is 1.47. The maximum Gasteiger partial charge on any atom is 0.164 e. The quantitative estimate of drug-likeness (QED) is 0.606. The van der Waals surface area contributed by atoms with Crippen molar-refractivity contribution >= 4 is 74.7 Å². The molecule has 0 amide bonds. The molecule has 3 aromatic heterocycles. The third kappa shape index (κ3) is 1.37. The maximum absolute atomic E-state index is 6.16. The van der Waals surface area contributed by atoms with E-state index in [4.69, 9.17) is 62.7 Å². The molecule has 3 rings (SSSR count). The lowest BCUT2D eigenvalue weighted by atomic mass is 10.3. The van der Waals surface area contributed by atoms with E-state index in [-0.39, 0.29) is 20.2 Å². The predicted molar refractivity (Wildman–Crippen MR) is 75.5 cm³/mol. The van der Waals surface area contributed by atoms with Crippen molar-refractivity contribution in [3.05, 3.63) is 25.2 Å². The summed E-state index contributed by atoms with van der Waals surface area (Å²) in [6.07, 6.45) is 0. The highest BCUT2D eigenvalue weighted by Gasteiger charge is 2.27. The molecule has 0 aromatic carbocycles. The summed E-state index contributed by atoms with van der Waals surface area (Å²) < 4.78 is 6.87. The number of pyridine rings is 1. The fraction of sp³-hybridized carbons (Fsp3) is 0.100. The molecule has 0 saturated carbocycles. The molecule has 3 aromatic rings. The SMILES string of the molecule is COc1c(Cl)c(Cl)c2c(Cl)nc3c(Cl)c(Cl)c1n32. The van der Waals surface area contributed by atoms with Crippen molar-refractivity contribution in [2.75, 3.05) is 7.11 Å². The Morgan fingerprint density at radius 1 is 0.889 bits per heavy atom. The van der Waals surface area contributed by atoms with Crippen LogP contribution in [0.25, 0.3) is 16.7 Å². The molecule has 0 unspecified atom stereocenters. The van der Waals surface area contributed by atoms with Gasteiger partial charge in [0.1, 0.15) is 21.1 Å². The first-order chi connectivity index (χ1) is 8.49. The number of imidazole rings is 1. The summed E-state index contributed by atoms with van der Waals surface area (Å²) in [6, 6.07) is 0. The van der Waals surface area contributed by atoms with Gasteiger partial charge in [0.2, 0.25) is 0 Å². The molecule has 0 spiro atoms. The lowest BCUT2D eigenvalue weighted by Gasteiger charge is -2.09. The molecule has 0 aliphatic carbocycles. The van der Waals surface area contributed by atoms with Crippen molar-refractivity contribution in [3.63, 3.8) is 0 Å². The number of ether oxygens (including phenoxy) is 1. The highest BCUT2D eigenvalue weighted by Crippen LogP contribution is 2.48. The van der Waals surface area contributed by atoms with E-state index in [9.17, 15) is 0 Å². The highest BCUT2D eigenvalue weighted by molar-refractivity contribution is 6.51. The zero-order valence-electron chi connectivity index (χ0n) is 8.69. The van der Waals surface area contributed by atoms with E-state index in [0.29, 0.717) is 27.5 Å². The predicted octanol–water partition coefficient (Wildman–Crippen LogP) is 5.20. The zero-order valence-corrected chi connectivity index (χ0v) is 12.5. The third-order valence-corrected chi connectivity index (χ3v) is 4.59. The first-order valence-corrected chi connectivity index (χ1v) is 6.57. The van der Waals surface area contributed by atoms with E-state index >= 15 is 0 Å². The topological polar surface area (TPSA) is 26.5 Å². The normalized spacial score (nSPS) is 11.9. The first kappa shape index (κ1) is 12.7. The summed E-state index contributed by atoms with van der Waals surface area (Å²) >= 11 is 30.6. The molecule has 3 heterocycles. The largest absolute Gasteiger partial charge is 0.493 e. The van der Waals surface area contributed by atoms with E-state index in [1.807, 2.05) is 0 Å². The molecule has 18 heavy (non-hydrogen) atoms. The van der Waals surface area contributed by atoms with Crippen LogP contribution in [-0.4, -0.2) is 16.5 Å². The molecule has 0 bridgehead atoms. The second-order valence-corrected chi connectivity index (χ2v) is 5.42. The standard InChI is InChI=1S/C10H3Cl5N2O/c1-18-8-4(13)2(11)7-9(15)16-10-5(14)3(12)6(8)17(7)10/h1H3. The molecule has 94 valence electrons. The van der Waals surface area contributed by atoms with Crippen molar-refractivity contribution in [2.24, 2.45) is 0 Å². The van der Waals surface area contributed by atoms with Crippen molar-refractivity contribution < 1.29 is 4.74 Å². The zero-order chi connectivity index (χ0) is 13.2.